The topological polar surface area (TPSA) is 65.1 Å². The molecule has 190 valence electrons. The Labute approximate surface area is 217 Å². The van der Waals surface area contributed by atoms with E-state index in [1.165, 1.54) is 0 Å². The highest BCUT2D eigenvalue weighted by molar-refractivity contribution is 6.08. The molecule has 0 aromatic heterocycles. The number of amides is 1. The number of nitrogens with zero attached hydrogens (tertiary/aromatic N) is 1. The second-order valence-corrected chi connectivity index (χ2v) is 10.3. The molecule has 1 heterocycles. The van der Waals surface area contributed by atoms with Crippen LogP contribution in [0.15, 0.2) is 84.1 Å². The molecule has 0 fully saturated rings. The molecule has 0 N–H and O–H groups in total. The maximum Gasteiger partial charge on any atom is 0.232 e. The van der Waals surface area contributed by atoms with Crippen LogP contribution >= 0.6 is 0 Å². The average molecular weight is 498 g/mol. The second kappa shape index (κ2) is 9.77. The van der Waals surface area contributed by atoms with Crippen molar-refractivity contribution in [3.8, 4) is 23.0 Å². The summed E-state index contributed by atoms with van der Waals surface area (Å²) in [5.74, 6) is 2.17. The Hall–Kier alpha value is -4.06. The van der Waals surface area contributed by atoms with Gasteiger partial charge in [0.05, 0.1) is 14.2 Å². The van der Waals surface area contributed by atoms with Crippen molar-refractivity contribution in [1.29, 1.82) is 0 Å². The molecule has 0 saturated carbocycles. The van der Waals surface area contributed by atoms with E-state index in [1.54, 1.807) is 19.1 Å². The maximum atomic E-state index is 13.8. The van der Waals surface area contributed by atoms with E-state index in [2.05, 4.69) is 13.8 Å². The molecule has 2 aliphatic rings. The molecule has 3 aromatic rings. The third kappa shape index (κ3) is 4.71. The minimum atomic E-state index is -0.395. The van der Waals surface area contributed by atoms with Gasteiger partial charge in [0.25, 0.3) is 0 Å². The summed E-state index contributed by atoms with van der Waals surface area (Å²) in [4.78, 5) is 29.1. The van der Waals surface area contributed by atoms with E-state index >= 15 is 0 Å². The predicted molar refractivity (Wildman–Crippen MR) is 142 cm³/mol. The quantitative estimate of drug-likeness (QED) is 0.381. The van der Waals surface area contributed by atoms with Gasteiger partial charge in [-0.05, 0) is 54.3 Å². The van der Waals surface area contributed by atoms with E-state index in [1.807, 2.05) is 72.8 Å². The second-order valence-electron chi connectivity index (χ2n) is 10.3. The Morgan fingerprint density at radius 3 is 2.19 bits per heavy atom. The van der Waals surface area contributed by atoms with Gasteiger partial charge in [-0.25, -0.2) is 0 Å². The lowest BCUT2D eigenvalue weighted by Gasteiger charge is -2.43. The highest BCUT2D eigenvalue weighted by atomic mass is 16.5. The van der Waals surface area contributed by atoms with Gasteiger partial charge in [-0.1, -0.05) is 44.2 Å². The number of ether oxygens (including phenoxy) is 3. The van der Waals surface area contributed by atoms with Gasteiger partial charge in [0.15, 0.2) is 17.3 Å². The fourth-order valence-electron chi connectivity index (χ4n) is 5.45. The number of allylic oxidation sites excluding steroid dienone is 2. The van der Waals surface area contributed by atoms with Gasteiger partial charge in [0, 0.05) is 41.3 Å². The van der Waals surface area contributed by atoms with Crippen LogP contribution in [0.25, 0.3) is 0 Å². The van der Waals surface area contributed by atoms with Crippen LogP contribution < -0.4 is 19.1 Å². The molecule has 5 rings (SSSR count). The Bertz CT molecular complexity index is 1360. The third-order valence-electron chi connectivity index (χ3n) is 7.03. The standard InChI is InChI=1S/C31H31NO5/c1-31(2)18-25-29(26(33)19-31)24(23-11-8-12-27(35-3)30(23)36-4)17-28(34)32(25)20-13-15-22(16-14-20)37-21-9-6-5-7-10-21/h5-16,24H,17-19H2,1-4H3. The lowest BCUT2D eigenvalue weighted by Crippen LogP contribution is -2.43. The molecule has 0 saturated heterocycles. The summed E-state index contributed by atoms with van der Waals surface area (Å²) in [5, 5.41) is 0. The van der Waals surface area contributed by atoms with Crippen LogP contribution in [-0.4, -0.2) is 25.9 Å². The Morgan fingerprint density at radius 1 is 0.811 bits per heavy atom. The van der Waals surface area contributed by atoms with E-state index in [9.17, 15) is 9.59 Å². The molecule has 0 spiro atoms. The summed E-state index contributed by atoms with van der Waals surface area (Å²) in [6.07, 6.45) is 1.21. The van der Waals surface area contributed by atoms with Gasteiger partial charge >= 0.3 is 0 Å². The zero-order valence-corrected chi connectivity index (χ0v) is 21.6. The van der Waals surface area contributed by atoms with Crippen molar-refractivity contribution < 1.29 is 23.8 Å². The van der Waals surface area contributed by atoms with Crippen LogP contribution in [0.5, 0.6) is 23.0 Å². The van der Waals surface area contributed by atoms with E-state index in [4.69, 9.17) is 14.2 Å². The highest BCUT2D eigenvalue weighted by Crippen LogP contribution is 2.50. The smallest absolute Gasteiger partial charge is 0.232 e. The molecular formula is C31H31NO5. The summed E-state index contributed by atoms with van der Waals surface area (Å²) >= 11 is 0. The SMILES string of the molecule is COc1cccc(C2CC(=O)N(c3ccc(Oc4ccccc4)cc3)C3=C2C(=O)CC(C)(C)C3)c1OC. The molecule has 1 unspecified atom stereocenters. The highest BCUT2D eigenvalue weighted by Gasteiger charge is 2.45. The normalized spacial score (nSPS) is 18.9. The lowest BCUT2D eigenvalue weighted by molar-refractivity contribution is -0.121. The fraction of sp³-hybridized carbons (Fsp3) is 0.290. The molecule has 1 amide bonds. The number of Topliss-reactive ketones (excluding diaryl/α,β-unsaturated/α-hetero) is 1. The summed E-state index contributed by atoms with van der Waals surface area (Å²) < 4.78 is 17.1. The number of anilines is 1. The Balaban J connectivity index is 1.58. The monoisotopic (exact) mass is 497 g/mol. The van der Waals surface area contributed by atoms with Crippen molar-refractivity contribution in [1.82, 2.24) is 0 Å². The van der Waals surface area contributed by atoms with Crippen LogP contribution in [0.2, 0.25) is 0 Å². The van der Waals surface area contributed by atoms with Crippen LogP contribution in [0.3, 0.4) is 0 Å². The summed E-state index contributed by atoms with van der Waals surface area (Å²) in [6.45, 7) is 4.15. The van der Waals surface area contributed by atoms with Gasteiger partial charge in [0.1, 0.15) is 11.5 Å². The first-order valence-corrected chi connectivity index (χ1v) is 12.4. The van der Waals surface area contributed by atoms with Crippen LogP contribution in [0.4, 0.5) is 5.69 Å². The van der Waals surface area contributed by atoms with Crippen molar-refractivity contribution in [2.75, 3.05) is 19.1 Å². The van der Waals surface area contributed by atoms with Crippen molar-refractivity contribution in [3.63, 3.8) is 0 Å². The minimum Gasteiger partial charge on any atom is -0.493 e. The number of ketones is 1. The molecule has 0 radical (unpaired) electrons. The molecule has 6 heteroatoms. The largest absolute Gasteiger partial charge is 0.493 e. The van der Waals surface area contributed by atoms with Gasteiger partial charge in [0.2, 0.25) is 5.91 Å². The number of benzene rings is 3. The predicted octanol–water partition coefficient (Wildman–Crippen LogP) is 6.66. The Kier molecular flexibility index (Phi) is 6.50. The summed E-state index contributed by atoms with van der Waals surface area (Å²) in [7, 11) is 3.16. The zero-order valence-electron chi connectivity index (χ0n) is 21.6. The van der Waals surface area contributed by atoms with Crippen LogP contribution in [-0.2, 0) is 9.59 Å². The first-order chi connectivity index (χ1) is 17.8. The van der Waals surface area contributed by atoms with Crippen LogP contribution in [0.1, 0.15) is 44.6 Å². The van der Waals surface area contributed by atoms with E-state index < -0.39 is 5.92 Å². The molecule has 3 aromatic carbocycles. The van der Waals surface area contributed by atoms with Crippen molar-refractivity contribution in [2.24, 2.45) is 5.41 Å². The van der Waals surface area contributed by atoms with Crippen molar-refractivity contribution in [3.05, 3.63) is 89.6 Å². The van der Waals surface area contributed by atoms with E-state index in [-0.39, 0.29) is 23.5 Å². The van der Waals surface area contributed by atoms with Crippen LogP contribution in [0, 0.1) is 5.41 Å². The first kappa shape index (κ1) is 24.6. The fourth-order valence-corrected chi connectivity index (χ4v) is 5.45. The molecule has 37 heavy (non-hydrogen) atoms. The lowest BCUT2D eigenvalue weighted by atomic mass is 9.69. The molecule has 1 aliphatic heterocycles. The van der Waals surface area contributed by atoms with Crippen molar-refractivity contribution >= 4 is 17.4 Å². The number of carbonyl (C=O) groups is 2. The number of hydrogen-bond acceptors (Lipinski definition) is 5. The number of carbonyl (C=O) groups excluding carboxylic acids is 2. The van der Waals surface area contributed by atoms with E-state index in [0.717, 1.165) is 22.7 Å². The van der Waals surface area contributed by atoms with Gasteiger partial charge < -0.3 is 14.2 Å². The Morgan fingerprint density at radius 2 is 1.51 bits per heavy atom. The van der Waals surface area contributed by atoms with Gasteiger partial charge in [-0.3, -0.25) is 14.5 Å². The molecule has 0 bridgehead atoms. The molecule has 6 nitrogen and oxygen atoms in total. The van der Waals surface area contributed by atoms with Gasteiger partial charge in [-0.15, -0.1) is 0 Å². The maximum absolute atomic E-state index is 13.8. The number of hydrogen-bond donors (Lipinski definition) is 0. The minimum absolute atomic E-state index is 0.0594. The zero-order chi connectivity index (χ0) is 26.2. The first-order valence-electron chi connectivity index (χ1n) is 12.4. The summed E-state index contributed by atoms with van der Waals surface area (Å²) in [6, 6.07) is 22.6. The van der Waals surface area contributed by atoms with Crippen molar-refractivity contribution in [2.45, 2.75) is 39.0 Å². The van der Waals surface area contributed by atoms with Gasteiger partial charge in [-0.2, -0.15) is 0 Å². The molecular weight excluding hydrogens is 466 g/mol. The third-order valence-corrected chi connectivity index (χ3v) is 7.03. The average Bonchev–Trinajstić information content (AvgIpc) is 2.88. The molecule has 1 atom stereocenters. The molecule has 1 aliphatic carbocycles. The number of para-hydroxylation sites is 2. The number of rotatable bonds is 6. The summed E-state index contributed by atoms with van der Waals surface area (Å²) in [5.41, 5.74) is 2.71. The van der Waals surface area contributed by atoms with E-state index in [0.29, 0.717) is 35.7 Å². The number of methoxy groups -OCH3 is 2.